The second-order valence-corrected chi connectivity index (χ2v) is 9.08. The normalized spacial score (nSPS) is 11.7. The molecule has 0 aliphatic rings. The summed E-state index contributed by atoms with van der Waals surface area (Å²) in [5.41, 5.74) is 6.99. The van der Waals surface area contributed by atoms with Crippen LogP contribution < -0.4 is 16.4 Å². The molecule has 0 bridgehead atoms. The number of hydrogen-bond acceptors (Lipinski definition) is 4. The molecule has 0 aliphatic carbocycles. The molecule has 33 heavy (non-hydrogen) atoms. The number of fused-ring (bicyclic) bond motifs is 2. The van der Waals surface area contributed by atoms with Crippen LogP contribution in [0.2, 0.25) is 0 Å². The molecule has 0 atom stereocenters. The molecule has 4 heteroatoms. The molecule has 4 nitrogen and oxygen atoms in total. The van der Waals surface area contributed by atoms with Crippen LogP contribution >= 0.6 is 0 Å². The largest absolute Gasteiger partial charge is 0.330 e. The van der Waals surface area contributed by atoms with Crippen molar-refractivity contribution in [1.82, 2.24) is 15.5 Å². The molecule has 0 aliphatic heterocycles. The molecule has 0 saturated heterocycles. The van der Waals surface area contributed by atoms with Crippen LogP contribution in [0, 0.1) is 0 Å². The zero-order chi connectivity index (χ0) is 23.1. The number of nitrogens with two attached hydrogens (primary N) is 1. The third kappa shape index (κ3) is 8.38. The van der Waals surface area contributed by atoms with Gasteiger partial charge in [0.25, 0.3) is 0 Å². The maximum Gasteiger partial charge on any atom is 0.0245 e. The molecule has 0 aromatic heterocycles. The van der Waals surface area contributed by atoms with Gasteiger partial charge in [0.15, 0.2) is 0 Å². The summed E-state index contributed by atoms with van der Waals surface area (Å²) in [5, 5.41) is 12.6. The molecule has 0 amide bonds. The van der Waals surface area contributed by atoms with Crippen LogP contribution in [0.4, 0.5) is 0 Å². The molecule has 3 rings (SSSR count). The molecule has 0 spiro atoms. The van der Waals surface area contributed by atoms with Crippen LogP contribution in [-0.4, -0.2) is 50.7 Å². The summed E-state index contributed by atoms with van der Waals surface area (Å²) in [6.07, 6.45) is 7.30. The van der Waals surface area contributed by atoms with Crippen molar-refractivity contribution in [3.05, 3.63) is 60.2 Å². The average molecular weight is 449 g/mol. The van der Waals surface area contributed by atoms with Crippen LogP contribution in [0.15, 0.2) is 54.6 Å². The number of nitrogens with zero attached hydrogens (tertiary/aromatic N) is 1. The van der Waals surface area contributed by atoms with Gasteiger partial charge >= 0.3 is 0 Å². The van der Waals surface area contributed by atoms with Gasteiger partial charge in [0.05, 0.1) is 0 Å². The first-order chi connectivity index (χ1) is 16.3. The number of nitrogens with one attached hydrogen (secondary N) is 2. The fourth-order valence-electron chi connectivity index (χ4n) is 4.58. The summed E-state index contributed by atoms with van der Waals surface area (Å²) >= 11 is 0. The molecular formula is C29H44N4. The van der Waals surface area contributed by atoms with E-state index in [4.69, 9.17) is 5.73 Å². The molecule has 180 valence electrons. The SMILES string of the molecule is CCN(CCCCNCCCCNCCCCN)Cc1c2ccccc2cc2ccccc12. The first kappa shape index (κ1) is 25.6. The smallest absolute Gasteiger partial charge is 0.0245 e. The number of benzene rings is 3. The van der Waals surface area contributed by atoms with Crippen molar-refractivity contribution < 1.29 is 0 Å². The maximum absolute atomic E-state index is 5.52. The van der Waals surface area contributed by atoms with Crippen LogP contribution in [0.3, 0.4) is 0 Å². The van der Waals surface area contributed by atoms with E-state index in [1.54, 1.807) is 0 Å². The van der Waals surface area contributed by atoms with E-state index in [0.29, 0.717) is 0 Å². The first-order valence-electron chi connectivity index (χ1n) is 13.1. The van der Waals surface area contributed by atoms with Crippen LogP contribution in [0.1, 0.15) is 51.0 Å². The summed E-state index contributed by atoms with van der Waals surface area (Å²) < 4.78 is 0. The Morgan fingerprint density at radius 3 is 1.76 bits per heavy atom. The highest BCUT2D eigenvalue weighted by Crippen LogP contribution is 2.29. The van der Waals surface area contributed by atoms with Gasteiger partial charge in [-0.05, 0) is 118 Å². The molecule has 3 aromatic rings. The maximum atomic E-state index is 5.52. The Bertz CT molecular complexity index is 885. The predicted octanol–water partition coefficient (Wildman–Crippen LogP) is 5.29. The topological polar surface area (TPSA) is 53.3 Å². The van der Waals surface area contributed by atoms with E-state index in [-0.39, 0.29) is 0 Å². The van der Waals surface area contributed by atoms with Crippen LogP contribution in [-0.2, 0) is 6.54 Å². The number of hydrogen-bond donors (Lipinski definition) is 3. The average Bonchev–Trinajstić information content (AvgIpc) is 2.85. The van der Waals surface area contributed by atoms with Gasteiger partial charge in [0, 0.05) is 6.54 Å². The standard InChI is InChI=1S/C29H44N4/c1-2-33(22-12-11-21-32-20-10-9-19-31-18-8-7-17-30)24-29-27-15-5-3-13-25(27)23-26-14-4-6-16-28(26)29/h3-6,13-16,23,31-32H,2,7-12,17-22,24,30H2,1H3. The quantitative estimate of drug-likeness (QED) is 0.194. The minimum Gasteiger partial charge on any atom is -0.330 e. The Kier molecular flexibility index (Phi) is 11.7. The first-order valence-corrected chi connectivity index (χ1v) is 13.1. The zero-order valence-corrected chi connectivity index (χ0v) is 20.6. The second-order valence-electron chi connectivity index (χ2n) is 9.08. The van der Waals surface area contributed by atoms with Gasteiger partial charge in [0.1, 0.15) is 0 Å². The predicted molar refractivity (Wildman–Crippen MR) is 145 cm³/mol. The van der Waals surface area contributed by atoms with Gasteiger partial charge in [0.2, 0.25) is 0 Å². The lowest BCUT2D eigenvalue weighted by Crippen LogP contribution is -2.25. The number of unbranched alkanes of at least 4 members (excludes halogenated alkanes) is 3. The summed E-state index contributed by atoms with van der Waals surface area (Å²) in [7, 11) is 0. The van der Waals surface area contributed by atoms with E-state index in [1.165, 1.54) is 59.2 Å². The van der Waals surface area contributed by atoms with E-state index in [0.717, 1.165) is 58.8 Å². The molecular weight excluding hydrogens is 404 g/mol. The van der Waals surface area contributed by atoms with E-state index < -0.39 is 0 Å². The van der Waals surface area contributed by atoms with Gasteiger partial charge < -0.3 is 16.4 Å². The Morgan fingerprint density at radius 1 is 0.697 bits per heavy atom. The third-order valence-corrected chi connectivity index (χ3v) is 6.55. The molecule has 0 radical (unpaired) electrons. The van der Waals surface area contributed by atoms with Crippen molar-refractivity contribution in [3.63, 3.8) is 0 Å². The monoisotopic (exact) mass is 448 g/mol. The lowest BCUT2D eigenvalue weighted by Gasteiger charge is -2.23. The van der Waals surface area contributed by atoms with Crippen LogP contribution in [0.25, 0.3) is 21.5 Å². The zero-order valence-electron chi connectivity index (χ0n) is 20.6. The van der Waals surface area contributed by atoms with Gasteiger partial charge in [-0.25, -0.2) is 0 Å². The fraction of sp³-hybridized carbons (Fsp3) is 0.517. The minimum atomic E-state index is 0.807. The van der Waals surface area contributed by atoms with Gasteiger partial charge in [-0.3, -0.25) is 4.90 Å². The summed E-state index contributed by atoms with van der Waals surface area (Å²) in [5.74, 6) is 0. The summed E-state index contributed by atoms with van der Waals surface area (Å²) in [6.45, 7) is 10.8. The lowest BCUT2D eigenvalue weighted by molar-refractivity contribution is 0.275. The van der Waals surface area contributed by atoms with E-state index in [2.05, 4.69) is 77.1 Å². The van der Waals surface area contributed by atoms with E-state index in [9.17, 15) is 0 Å². The second kappa shape index (κ2) is 15.0. The van der Waals surface area contributed by atoms with E-state index >= 15 is 0 Å². The van der Waals surface area contributed by atoms with E-state index in [1.807, 2.05) is 0 Å². The minimum absolute atomic E-state index is 0.807. The van der Waals surface area contributed by atoms with Crippen molar-refractivity contribution in [2.75, 3.05) is 45.8 Å². The van der Waals surface area contributed by atoms with Gasteiger partial charge in [-0.2, -0.15) is 0 Å². The lowest BCUT2D eigenvalue weighted by atomic mass is 9.96. The number of rotatable bonds is 17. The van der Waals surface area contributed by atoms with Crippen molar-refractivity contribution in [2.45, 2.75) is 52.0 Å². The summed E-state index contributed by atoms with van der Waals surface area (Å²) in [4.78, 5) is 2.60. The van der Waals surface area contributed by atoms with Crippen molar-refractivity contribution in [2.24, 2.45) is 5.73 Å². The van der Waals surface area contributed by atoms with Crippen molar-refractivity contribution in [1.29, 1.82) is 0 Å². The molecule has 3 aromatic carbocycles. The van der Waals surface area contributed by atoms with Crippen molar-refractivity contribution in [3.8, 4) is 0 Å². The Morgan fingerprint density at radius 2 is 1.21 bits per heavy atom. The fourth-order valence-corrected chi connectivity index (χ4v) is 4.58. The third-order valence-electron chi connectivity index (χ3n) is 6.55. The summed E-state index contributed by atoms with van der Waals surface area (Å²) in [6, 6.07) is 20.0. The molecule has 0 saturated carbocycles. The van der Waals surface area contributed by atoms with Gasteiger partial charge in [-0.1, -0.05) is 55.5 Å². The molecule has 0 heterocycles. The highest BCUT2D eigenvalue weighted by atomic mass is 15.1. The highest BCUT2D eigenvalue weighted by Gasteiger charge is 2.11. The Balaban J connectivity index is 1.38. The molecule has 4 N–H and O–H groups in total. The van der Waals surface area contributed by atoms with Crippen molar-refractivity contribution >= 4 is 21.5 Å². The van der Waals surface area contributed by atoms with Crippen LogP contribution in [0.5, 0.6) is 0 Å². The van der Waals surface area contributed by atoms with Gasteiger partial charge in [-0.15, -0.1) is 0 Å². The molecule has 0 fully saturated rings. The molecule has 0 unspecified atom stereocenters. The Labute approximate surface area is 200 Å². The Hall–Kier alpha value is -1.98. The highest BCUT2D eigenvalue weighted by molar-refractivity contribution is 6.02.